The first kappa shape index (κ1) is 16.7. The molecule has 25 heavy (non-hydrogen) atoms. The van der Waals surface area contributed by atoms with Gasteiger partial charge >= 0.3 is 11.9 Å². The SMILES string of the molecule is CC(=O)OC(c1ccccc1)c1nc2cc(C(C)C(=O)O)ccc2o1. The number of carboxylic acid groups (broad SMARTS) is 1. The summed E-state index contributed by atoms with van der Waals surface area (Å²) in [4.78, 5) is 27.0. The second-order valence-electron chi connectivity index (χ2n) is 5.74. The van der Waals surface area contributed by atoms with Gasteiger partial charge in [-0.15, -0.1) is 0 Å². The van der Waals surface area contributed by atoms with Gasteiger partial charge in [-0.05, 0) is 24.6 Å². The van der Waals surface area contributed by atoms with Crippen molar-refractivity contribution in [3.63, 3.8) is 0 Å². The van der Waals surface area contributed by atoms with E-state index in [2.05, 4.69) is 4.98 Å². The van der Waals surface area contributed by atoms with E-state index in [0.717, 1.165) is 5.56 Å². The number of fused-ring (bicyclic) bond motifs is 1. The van der Waals surface area contributed by atoms with Crippen LogP contribution in [0.15, 0.2) is 52.9 Å². The molecule has 0 bridgehead atoms. The van der Waals surface area contributed by atoms with E-state index in [0.29, 0.717) is 16.7 Å². The summed E-state index contributed by atoms with van der Waals surface area (Å²) in [5.41, 5.74) is 2.39. The number of hydrogen-bond donors (Lipinski definition) is 1. The molecule has 0 amide bonds. The number of rotatable bonds is 5. The van der Waals surface area contributed by atoms with Gasteiger partial charge in [-0.3, -0.25) is 9.59 Å². The van der Waals surface area contributed by atoms with Crippen LogP contribution < -0.4 is 0 Å². The van der Waals surface area contributed by atoms with Crippen LogP contribution in [0, 0.1) is 0 Å². The number of aromatic nitrogens is 1. The van der Waals surface area contributed by atoms with Gasteiger partial charge in [0.1, 0.15) is 5.52 Å². The second kappa shape index (κ2) is 6.76. The number of carbonyl (C=O) groups is 2. The average molecular weight is 339 g/mol. The van der Waals surface area contributed by atoms with E-state index >= 15 is 0 Å². The molecule has 1 aromatic heterocycles. The molecule has 6 heteroatoms. The van der Waals surface area contributed by atoms with Crippen LogP contribution in [0.25, 0.3) is 11.1 Å². The lowest BCUT2D eigenvalue weighted by molar-refractivity contribution is -0.145. The summed E-state index contributed by atoms with van der Waals surface area (Å²) in [5, 5.41) is 9.15. The number of ether oxygens (including phenoxy) is 1. The zero-order valence-electron chi connectivity index (χ0n) is 13.8. The van der Waals surface area contributed by atoms with Crippen LogP contribution in [0.1, 0.15) is 42.9 Å². The molecule has 2 atom stereocenters. The summed E-state index contributed by atoms with van der Waals surface area (Å²) in [5.74, 6) is -1.76. The Morgan fingerprint density at radius 2 is 1.84 bits per heavy atom. The van der Waals surface area contributed by atoms with Gasteiger partial charge in [0.15, 0.2) is 5.58 Å². The summed E-state index contributed by atoms with van der Waals surface area (Å²) in [6.45, 7) is 2.93. The quantitative estimate of drug-likeness (QED) is 0.713. The van der Waals surface area contributed by atoms with Gasteiger partial charge in [0.2, 0.25) is 12.0 Å². The highest BCUT2D eigenvalue weighted by molar-refractivity contribution is 5.79. The van der Waals surface area contributed by atoms with Crippen LogP contribution in [-0.2, 0) is 14.3 Å². The third-order valence-corrected chi connectivity index (χ3v) is 3.91. The van der Waals surface area contributed by atoms with Crippen molar-refractivity contribution in [1.82, 2.24) is 4.98 Å². The molecule has 3 aromatic rings. The van der Waals surface area contributed by atoms with Crippen LogP contribution in [0.5, 0.6) is 0 Å². The highest BCUT2D eigenvalue weighted by Crippen LogP contribution is 2.30. The maximum Gasteiger partial charge on any atom is 0.310 e. The van der Waals surface area contributed by atoms with E-state index < -0.39 is 24.0 Å². The predicted octanol–water partition coefficient (Wildman–Crippen LogP) is 3.67. The van der Waals surface area contributed by atoms with E-state index in [1.807, 2.05) is 30.3 Å². The third-order valence-electron chi connectivity index (χ3n) is 3.91. The summed E-state index contributed by atoms with van der Waals surface area (Å²) in [6.07, 6.45) is -0.758. The molecule has 6 nitrogen and oxygen atoms in total. The largest absolute Gasteiger partial charge is 0.481 e. The minimum atomic E-state index is -0.912. The number of esters is 1. The first-order chi connectivity index (χ1) is 12.0. The monoisotopic (exact) mass is 339 g/mol. The topological polar surface area (TPSA) is 89.6 Å². The minimum Gasteiger partial charge on any atom is -0.481 e. The van der Waals surface area contributed by atoms with E-state index in [1.165, 1.54) is 6.92 Å². The van der Waals surface area contributed by atoms with Gasteiger partial charge in [0, 0.05) is 12.5 Å². The van der Waals surface area contributed by atoms with Gasteiger partial charge in [0.05, 0.1) is 5.92 Å². The highest BCUT2D eigenvalue weighted by atomic mass is 16.6. The number of benzene rings is 2. The van der Waals surface area contributed by atoms with Gasteiger partial charge in [-0.25, -0.2) is 4.98 Å². The van der Waals surface area contributed by atoms with Crippen LogP contribution in [0.3, 0.4) is 0 Å². The van der Waals surface area contributed by atoms with E-state index in [1.54, 1.807) is 25.1 Å². The van der Waals surface area contributed by atoms with Gasteiger partial charge in [0.25, 0.3) is 0 Å². The summed E-state index contributed by atoms with van der Waals surface area (Å²) < 4.78 is 11.1. The Hall–Kier alpha value is -3.15. The van der Waals surface area contributed by atoms with Crippen LogP contribution >= 0.6 is 0 Å². The molecule has 1 heterocycles. The molecule has 0 radical (unpaired) electrons. The zero-order valence-corrected chi connectivity index (χ0v) is 13.8. The molecule has 2 aromatic carbocycles. The molecule has 0 fully saturated rings. The Bertz CT molecular complexity index is 916. The van der Waals surface area contributed by atoms with Crippen LogP contribution in [0.4, 0.5) is 0 Å². The fourth-order valence-corrected chi connectivity index (χ4v) is 2.54. The second-order valence-corrected chi connectivity index (χ2v) is 5.74. The summed E-state index contributed by atoms with van der Waals surface area (Å²) >= 11 is 0. The lowest BCUT2D eigenvalue weighted by Gasteiger charge is -2.13. The van der Waals surface area contributed by atoms with Gasteiger partial charge < -0.3 is 14.3 Å². The Labute approximate surface area is 144 Å². The van der Waals surface area contributed by atoms with Crippen molar-refractivity contribution in [3.05, 3.63) is 65.5 Å². The standard InChI is InChI=1S/C19H17NO5/c1-11(19(22)23)14-8-9-16-15(10-14)20-18(25-16)17(24-12(2)21)13-6-4-3-5-7-13/h3-11,17H,1-2H3,(H,22,23). The first-order valence-corrected chi connectivity index (χ1v) is 7.81. The molecule has 2 unspecified atom stereocenters. The van der Waals surface area contributed by atoms with Crippen molar-refractivity contribution in [3.8, 4) is 0 Å². The molecule has 3 rings (SSSR count). The van der Waals surface area contributed by atoms with E-state index in [4.69, 9.17) is 14.3 Å². The fourth-order valence-electron chi connectivity index (χ4n) is 2.54. The van der Waals surface area contributed by atoms with Crippen LogP contribution in [0.2, 0.25) is 0 Å². The van der Waals surface area contributed by atoms with E-state index in [-0.39, 0.29) is 5.89 Å². The molecular formula is C19H17NO5. The van der Waals surface area contributed by atoms with Gasteiger partial charge in [-0.1, -0.05) is 36.4 Å². The number of nitrogens with zero attached hydrogens (tertiary/aromatic N) is 1. The smallest absolute Gasteiger partial charge is 0.310 e. The summed E-state index contributed by atoms with van der Waals surface area (Å²) in [7, 11) is 0. The number of oxazole rings is 1. The molecule has 1 N–H and O–H groups in total. The molecule has 0 spiro atoms. The minimum absolute atomic E-state index is 0.247. The van der Waals surface area contributed by atoms with Crippen molar-refractivity contribution >= 4 is 23.0 Å². The Kier molecular flexibility index (Phi) is 4.52. The normalized spacial score (nSPS) is 13.4. The molecule has 0 aliphatic rings. The fraction of sp³-hybridized carbons (Fsp3) is 0.211. The molecule has 0 aliphatic carbocycles. The number of carbonyl (C=O) groups excluding carboxylic acids is 1. The number of hydrogen-bond acceptors (Lipinski definition) is 5. The number of carboxylic acids is 1. The first-order valence-electron chi connectivity index (χ1n) is 7.81. The molecule has 0 aliphatic heterocycles. The summed E-state index contributed by atoms with van der Waals surface area (Å²) in [6, 6.07) is 14.2. The Morgan fingerprint density at radius 3 is 2.48 bits per heavy atom. The lowest BCUT2D eigenvalue weighted by Crippen LogP contribution is -2.10. The van der Waals surface area contributed by atoms with Crippen molar-refractivity contribution in [1.29, 1.82) is 0 Å². The highest BCUT2D eigenvalue weighted by Gasteiger charge is 2.24. The maximum absolute atomic E-state index is 11.5. The van der Waals surface area contributed by atoms with E-state index in [9.17, 15) is 9.59 Å². The predicted molar refractivity (Wildman–Crippen MR) is 90.1 cm³/mol. The Morgan fingerprint density at radius 1 is 1.12 bits per heavy atom. The van der Waals surface area contributed by atoms with Crippen molar-refractivity contribution in [2.24, 2.45) is 0 Å². The van der Waals surface area contributed by atoms with Crippen molar-refractivity contribution in [2.45, 2.75) is 25.9 Å². The average Bonchev–Trinajstić information content (AvgIpc) is 3.02. The van der Waals surface area contributed by atoms with Crippen molar-refractivity contribution < 1.29 is 23.8 Å². The number of aliphatic carboxylic acids is 1. The molecule has 0 saturated heterocycles. The molecule has 128 valence electrons. The van der Waals surface area contributed by atoms with Crippen LogP contribution in [-0.4, -0.2) is 22.0 Å². The maximum atomic E-state index is 11.5. The van der Waals surface area contributed by atoms with Gasteiger partial charge in [-0.2, -0.15) is 0 Å². The third kappa shape index (κ3) is 3.52. The zero-order chi connectivity index (χ0) is 18.0. The Balaban J connectivity index is 2.03. The lowest BCUT2D eigenvalue weighted by atomic mass is 10.0. The van der Waals surface area contributed by atoms with Crippen molar-refractivity contribution in [2.75, 3.05) is 0 Å². The molecular weight excluding hydrogens is 322 g/mol. The molecule has 0 saturated carbocycles.